The monoisotopic (exact) mass is 228 g/mol. The number of hydrogen-bond acceptors (Lipinski definition) is 3. The largest absolute Gasteiger partial charge is 0.383 e. The molecule has 1 rings (SSSR count). The van der Waals surface area contributed by atoms with Crippen LogP contribution < -0.4 is 10.6 Å². The van der Waals surface area contributed by atoms with Crippen molar-refractivity contribution in [2.24, 2.45) is 0 Å². The molecule has 3 unspecified atom stereocenters. The summed E-state index contributed by atoms with van der Waals surface area (Å²) in [6, 6.07) is 1.80. The van der Waals surface area contributed by atoms with Crippen LogP contribution in [0.25, 0.3) is 0 Å². The van der Waals surface area contributed by atoms with E-state index in [0.29, 0.717) is 12.1 Å². The molecule has 0 aromatic heterocycles. The minimum absolute atomic E-state index is 0.503. The highest BCUT2D eigenvalue weighted by Crippen LogP contribution is 2.12. The molecule has 0 bridgehead atoms. The van der Waals surface area contributed by atoms with Crippen molar-refractivity contribution in [1.29, 1.82) is 0 Å². The van der Waals surface area contributed by atoms with Gasteiger partial charge in [-0.25, -0.2) is 0 Å². The number of ether oxygens (including phenoxy) is 1. The van der Waals surface area contributed by atoms with Gasteiger partial charge in [0.05, 0.1) is 6.61 Å². The zero-order valence-electron chi connectivity index (χ0n) is 11.1. The van der Waals surface area contributed by atoms with Crippen LogP contribution in [0.1, 0.15) is 46.0 Å². The Morgan fingerprint density at radius 3 is 2.81 bits per heavy atom. The summed E-state index contributed by atoms with van der Waals surface area (Å²) in [5.41, 5.74) is 0. The fourth-order valence-electron chi connectivity index (χ4n) is 2.51. The molecule has 1 heterocycles. The van der Waals surface area contributed by atoms with Crippen LogP contribution in [0, 0.1) is 0 Å². The SMILES string of the molecule is CCC(COC)NC(C)CC1CCCCN1. The summed E-state index contributed by atoms with van der Waals surface area (Å²) < 4.78 is 5.21. The van der Waals surface area contributed by atoms with Crippen LogP contribution in [-0.2, 0) is 4.74 Å². The predicted octanol–water partition coefficient (Wildman–Crippen LogP) is 1.92. The Balaban J connectivity index is 2.19. The maximum atomic E-state index is 5.21. The molecule has 0 aromatic rings. The fraction of sp³-hybridized carbons (Fsp3) is 1.00. The first-order valence-corrected chi connectivity index (χ1v) is 6.74. The van der Waals surface area contributed by atoms with Gasteiger partial charge in [-0.2, -0.15) is 0 Å². The van der Waals surface area contributed by atoms with E-state index in [-0.39, 0.29) is 0 Å². The molecule has 0 aromatic carbocycles. The molecular weight excluding hydrogens is 200 g/mol. The van der Waals surface area contributed by atoms with Crippen LogP contribution in [0.4, 0.5) is 0 Å². The summed E-state index contributed by atoms with van der Waals surface area (Å²) >= 11 is 0. The van der Waals surface area contributed by atoms with E-state index in [1.54, 1.807) is 7.11 Å². The van der Waals surface area contributed by atoms with Crippen molar-refractivity contribution >= 4 is 0 Å². The number of nitrogens with one attached hydrogen (secondary N) is 2. The van der Waals surface area contributed by atoms with Crippen molar-refractivity contribution in [3.8, 4) is 0 Å². The third kappa shape index (κ3) is 5.28. The van der Waals surface area contributed by atoms with Gasteiger partial charge in [0.1, 0.15) is 0 Å². The van der Waals surface area contributed by atoms with E-state index in [9.17, 15) is 0 Å². The molecule has 3 atom stereocenters. The lowest BCUT2D eigenvalue weighted by Gasteiger charge is -2.28. The van der Waals surface area contributed by atoms with Crippen molar-refractivity contribution in [1.82, 2.24) is 10.6 Å². The molecule has 96 valence electrons. The smallest absolute Gasteiger partial charge is 0.0615 e. The van der Waals surface area contributed by atoms with E-state index in [1.165, 1.54) is 32.2 Å². The first kappa shape index (κ1) is 13.9. The highest BCUT2D eigenvalue weighted by atomic mass is 16.5. The maximum absolute atomic E-state index is 5.21. The lowest BCUT2D eigenvalue weighted by Crippen LogP contribution is -2.44. The molecule has 3 heteroatoms. The number of methoxy groups -OCH3 is 1. The van der Waals surface area contributed by atoms with Gasteiger partial charge >= 0.3 is 0 Å². The molecule has 0 saturated carbocycles. The zero-order valence-corrected chi connectivity index (χ0v) is 11.1. The Hall–Kier alpha value is -0.120. The molecule has 2 N–H and O–H groups in total. The first-order chi connectivity index (χ1) is 7.76. The molecule has 0 aliphatic carbocycles. The first-order valence-electron chi connectivity index (χ1n) is 6.74. The van der Waals surface area contributed by atoms with Crippen molar-refractivity contribution in [2.45, 2.75) is 64.1 Å². The summed E-state index contributed by atoms with van der Waals surface area (Å²) in [7, 11) is 1.78. The predicted molar refractivity (Wildman–Crippen MR) is 68.8 cm³/mol. The van der Waals surface area contributed by atoms with Gasteiger partial charge in [-0.1, -0.05) is 13.3 Å². The van der Waals surface area contributed by atoms with E-state index < -0.39 is 0 Å². The molecule has 3 nitrogen and oxygen atoms in total. The zero-order chi connectivity index (χ0) is 11.8. The van der Waals surface area contributed by atoms with Gasteiger partial charge in [-0.05, 0) is 39.2 Å². The Morgan fingerprint density at radius 2 is 2.25 bits per heavy atom. The molecular formula is C13H28N2O. The van der Waals surface area contributed by atoms with Crippen LogP contribution in [0.3, 0.4) is 0 Å². The Morgan fingerprint density at radius 1 is 1.44 bits per heavy atom. The Kier molecular flexibility index (Phi) is 7.01. The summed E-state index contributed by atoms with van der Waals surface area (Å²) in [5, 5.41) is 7.25. The van der Waals surface area contributed by atoms with E-state index in [0.717, 1.165) is 19.1 Å². The van der Waals surface area contributed by atoms with Gasteiger partial charge in [0.15, 0.2) is 0 Å². The topological polar surface area (TPSA) is 33.3 Å². The molecule has 1 fully saturated rings. The summed E-state index contributed by atoms with van der Waals surface area (Å²) in [4.78, 5) is 0. The average molecular weight is 228 g/mol. The van der Waals surface area contributed by atoms with Crippen molar-refractivity contribution in [3.63, 3.8) is 0 Å². The van der Waals surface area contributed by atoms with Gasteiger partial charge in [-0.15, -0.1) is 0 Å². The van der Waals surface area contributed by atoms with Gasteiger partial charge < -0.3 is 15.4 Å². The van der Waals surface area contributed by atoms with Crippen LogP contribution in [0.2, 0.25) is 0 Å². The third-order valence-electron chi connectivity index (χ3n) is 3.43. The number of hydrogen-bond donors (Lipinski definition) is 2. The Labute approximate surface area is 100 Å². The highest BCUT2D eigenvalue weighted by molar-refractivity contribution is 4.79. The van der Waals surface area contributed by atoms with Gasteiger partial charge in [0.25, 0.3) is 0 Å². The highest BCUT2D eigenvalue weighted by Gasteiger charge is 2.17. The molecule has 0 radical (unpaired) electrons. The molecule has 1 aliphatic heterocycles. The summed E-state index contributed by atoms with van der Waals surface area (Å²) in [5.74, 6) is 0. The second-order valence-electron chi connectivity index (χ2n) is 5.01. The third-order valence-corrected chi connectivity index (χ3v) is 3.43. The molecule has 0 spiro atoms. The molecule has 1 saturated heterocycles. The van der Waals surface area contributed by atoms with Gasteiger partial charge in [-0.3, -0.25) is 0 Å². The van der Waals surface area contributed by atoms with Crippen LogP contribution in [0.15, 0.2) is 0 Å². The number of piperidine rings is 1. The average Bonchev–Trinajstić information content (AvgIpc) is 2.29. The van der Waals surface area contributed by atoms with E-state index in [1.807, 2.05) is 0 Å². The standard InChI is InChI=1S/C13H28N2O/c1-4-12(10-16-3)15-11(2)9-13-7-5-6-8-14-13/h11-15H,4-10H2,1-3H3. The van der Waals surface area contributed by atoms with E-state index in [4.69, 9.17) is 4.74 Å². The van der Waals surface area contributed by atoms with Crippen molar-refractivity contribution < 1.29 is 4.74 Å². The quantitative estimate of drug-likeness (QED) is 0.698. The number of rotatable bonds is 7. The van der Waals surface area contributed by atoms with Gasteiger partial charge in [0, 0.05) is 25.2 Å². The Bertz CT molecular complexity index is 163. The summed E-state index contributed by atoms with van der Waals surface area (Å²) in [6.07, 6.45) is 6.45. The second-order valence-corrected chi connectivity index (χ2v) is 5.01. The van der Waals surface area contributed by atoms with Crippen LogP contribution in [0.5, 0.6) is 0 Å². The molecule has 0 amide bonds. The van der Waals surface area contributed by atoms with Gasteiger partial charge in [0.2, 0.25) is 0 Å². The lowest BCUT2D eigenvalue weighted by atomic mass is 9.98. The van der Waals surface area contributed by atoms with E-state index in [2.05, 4.69) is 24.5 Å². The van der Waals surface area contributed by atoms with E-state index >= 15 is 0 Å². The second kappa shape index (κ2) is 8.04. The normalized spacial score (nSPS) is 25.3. The minimum Gasteiger partial charge on any atom is -0.383 e. The van der Waals surface area contributed by atoms with Crippen molar-refractivity contribution in [2.75, 3.05) is 20.3 Å². The van der Waals surface area contributed by atoms with Crippen LogP contribution >= 0.6 is 0 Å². The van der Waals surface area contributed by atoms with Crippen molar-refractivity contribution in [3.05, 3.63) is 0 Å². The maximum Gasteiger partial charge on any atom is 0.0615 e. The van der Waals surface area contributed by atoms with Crippen LogP contribution in [-0.4, -0.2) is 38.4 Å². The minimum atomic E-state index is 0.503. The molecule has 1 aliphatic rings. The summed E-state index contributed by atoms with van der Waals surface area (Å²) in [6.45, 7) is 6.52. The molecule has 16 heavy (non-hydrogen) atoms. The lowest BCUT2D eigenvalue weighted by molar-refractivity contribution is 0.157. The fourth-order valence-corrected chi connectivity index (χ4v) is 2.51.